The minimum atomic E-state index is -0.748. The van der Waals surface area contributed by atoms with Crippen LogP contribution in [0.25, 0.3) is 0 Å². The van der Waals surface area contributed by atoms with E-state index in [9.17, 15) is 14.0 Å². The van der Waals surface area contributed by atoms with Gasteiger partial charge in [0, 0.05) is 10.0 Å². The van der Waals surface area contributed by atoms with Crippen LogP contribution in [0, 0.1) is 12.7 Å². The molecule has 0 N–H and O–H groups in total. The van der Waals surface area contributed by atoms with Crippen molar-refractivity contribution in [2.45, 2.75) is 6.92 Å². The molecule has 2 aromatic carbocycles. The van der Waals surface area contributed by atoms with E-state index < -0.39 is 11.8 Å². The second-order valence-corrected chi connectivity index (χ2v) is 5.34. The quantitative estimate of drug-likeness (QED) is 0.619. The summed E-state index contributed by atoms with van der Waals surface area (Å²) in [6.45, 7) is 1.53. The number of carbonyl (C=O) groups is 2. The Balaban J connectivity index is 2.02. The van der Waals surface area contributed by atoms with Crippen LogP contribution in [0.5, 0.6) is 0 Å². The Morgan fingerprint density at radius 2 is 1.81 bits per heavy atom. The van der Waals surface area contributed by atoms with E-state index >= 15 is 0 Å². The molecule has 0 fully saturated rings. The van der Waals surface area contributed by atoms with Gasteiger partial charge in [-0.1, -0.05) is 29.8 Å². The van der Waals surface area contributed by atoms with Crippen molar-refractivity contribution in [2.24, 2.45) is 0 Å². The fourth-order valence-corrected chi connectivity index (χ4v) is 2.09. The lowest BCUT2D eigenvalue weighted by Gasteiger charge is -2.06. The van der Waals surface area contributed by atoms with Gasteiger partial charge < -0.3 is 4.74 Å². The van der Waals surface area contributed by atoms with Crippen LogP contribution in [-0.4, -0.2) is 18.4 Å². The largest absolute Gasteiger partial charge is 0.454 e. The molecule has 5 heteroatoms. The minimum Gasteiger partial charge on any atom is -0.454 e. The van der Waals surface area contributed by atoms with Gasteiger partial charge in [-0.15, -0.1) is 0 Å². The molecule has 0 aliphatic heterocycles. The number of esters is 1. The maximum absolute atomic E-state index is 13.1. The van der Waals surface area contributed by atoms with Gasteiger partial charge in [0.25, 0.3) is 0 Å². The van der Waals surface area contributed by atoms with Crippen molar-refractivity contribution < 1.29 is 18.7 Å². The lowest BCUT2D eigenvalue weighted by molar-refractivity contribution is 0.0473. The lowest BCUT2D eigenvalue weighted by atomic mass is 10.1. The molecule has 0 unspecified atom stereocenters. The fourth-order valence-electron chi connectivity index (χ4n) is 1.69. The molecule has 21 heavy (non-hydrogen) atoms. The first kappa shape index (κ1) is 15.4. The molecule has 108 valence electrons. The van der Waals surface area contributed by atoms with Crippen LogP contribution in [-0.2, 0) is 4.74 Å². The first-order chi connectivity index (χ1) is 9.97. The number of hydrogen-bond acceptors (Lipinski definition) is 3. The third kappa shape index (κ3) is 3.98. The van der Waals surface area contributed by atoms with Gasteiger partial charge in [0.15, 0.2) is 12.4 Å². The van der Waals surface area contributed by atoms with Crippen molar-refractivity contribution in [1.82, 2.24) is 0 Å². The molecule has 0 aromatic heterocycles. The Bertz CT molecular complexity index is 680. The maximum Gasteiger partial charge on any atom is 0.339 e. The van der Waals surface area contributed by atoms with E-state index in [2.05, 4.69) is 15.9 Å². The van der Waals surface area contributed by atoms with Crippen LogP contribution in [0.15, 0.2) is 46.9 Å². The number of aryl methyl sites for hydroxylation is 1. The molecule has 0 spiro atoms. The molecule has 0 atom stereocenters. The van der Waals surface area contributed by atoms with Crippen molar-refractivity contribution in [2.75, 3.05) is 6.61 Å². The summed E-state index contributed by atoms with van der Waals surface area (Å²) in [4.78, 5) is 23.7. The standard InChI is InChI=1S/C16H12BrFO3/c1-10-2-4-11(5-3-10)15(19)9-21-16(20)13-8-12(18)6-7-14(13)17/h2-8H,9H2,1H3. The highest BCUT2D eigenvalue weighted by Gasteiger charge is 2.15. The number of ketones is 1. The highest BCUT2D eigenvalue weighted by Crippen LogP contribution is 2.18. The summed E-state index contributed by atoms with van der Waals surface area (Å²) in [5.74, 6) is -1.60. The lowest BCUT2D eigenvalue weighted by Crippen LogP contribution is -2.14. The predicted octanol–water partition coefficient (Wildman–Crippen LogP) is 3.94. The zero-order chi connectivity index (χ0) is 15.4. The predicted molar refractivity (Wildman–Crippen MR) is 79.9 cm³/mol. The zero-order valence-electron chi connectivity index (χ0n) is 11.2. The average molecular weight is 351 g/mol. The van der Waals surface area contributed by atoms with Gasteiger partial charge in [-0.2, -0.15) is 0 Å². The molecule has 0 aliphatic carbocycles. The van der Waals surface area contributed by atoms with E-state index in [-0.39, 0.29) is 18.0 Å². The smallest absolute Gasteiger partial charge is 0.339 e. The van der Waals surface area contributed by atoms with E-state index in [0.29, 0.717) is 10.0 Å². The Kier molecular flexibility index (Phi) is 4.85. The molecule has 0 saturated carbocycles. The maximum atomic E-state index is 13.1. The van der Waals surface area contributed by atoms with E-state index in [1.807, 2.05) is 6.92 Å². The summed E-state index contributed by atoms with van der Waals surface area (Å²) >= 11 is 3.14. The van der Waals surface area contributed by atoms with Gasteiger partial charge in [0.2, 0.25) is 0 Å². The van der Waals surface area contributed by atoms with Crippen molar-refractivity contribution in [1.29, 1.82) is 0 Å². The van der Waals surface area contributed by atoms with Crippen molar-refractivity contribution in [3.8, 4) is 0 Å². The van der Waals surface area contributed by atoms with E-state index in [0.717, 1.165) is 11.6 Å². The molecule has 2 aromatic rings. The molecule has 0 radical (unpaired) electrons. The molecular weight excluding hydrogens is 339 g/mol. The number of hydrogen-bond donors (Lipinski definition) is 0. The third-order valence-electron chi connectivity index (χ3n) is 2.86. The number of benzene rings is 2. The van der Waals surface area contributed by atoms with Crippen LogP contribution in [0.2, 0.25) is 0 Å². The molecular formula is C16H12BrFO3. The monoisotopic (exact) mass is 350 g/mol. The summed E-state index contributed by atoms with van der Waals surface area (Å²) in [7, 11) is 0. The summed E-state index contributed by atoms with van der Waals surface area (Å²) in [6.07, 6.45) is 0. The van der Waals surface area contributed by atoms with E-state index in [1.54, 1.807) is 24.3 Å². The first-order valence-electron chi connectivity index (χ1n) is 6.19. The normalized spacial score (nSPS) is 10.2. The van der Waals surface area contributed by atoms with Crippen LogP contribution < -0.4 is 0 Å². The van der Waals surface area contributed by atoms with E-state index in [1.165, 1.54) is 12.1 Å². The van der Waals surface area contributed by atoms with Gasteiger partial charge in [-0.05, 0) is 41.1 Å². The van der Waals surface area contributed by atoms with Crippen molar-refractivity contribution >= 4 is 27.7 Å². The van der Waals surface area contributed by atoms with Crippen molar-refractivity contribution in [3.05, 3.63) is 69.4 Å². The van der Waals surface area contributed by atoms with Crippen LogP contribution >= 0.6 is 15.9 Å². The Labute approximate surface area is 129 Å². The summed E-state index contributed by atoms with van der Waals surface area (Å²) in [5.41, 5.74) is 1.55. The van der Waals surface area contributed by atoms with Gasteiger partial charge in [-0.3, -0.25) is 4.79 Å². The van der Waals surface area contributed by atoms with Gasteiger partial charge in [0.1, 0.15) is 5.82 Å². The Morgan fingerprint density at radius 3 is 2.48 bits per heavy atom. The second kappa shape index (κ2) is 6.63. The van der Waals surface area contributed by atoms with Crippen LogP contribution in [0.1, 0.15) is 26.3 Å². The van der Waals surface area contributed by atoms with Gasteiger partial charge in [0.05, 0.1) is 5.56 Å². The third-order valence-corrected chi connectivity index (χ3v) is 3.55. The minimum absolute atomic E-state index is 0.0479. The highest BCUT2D eigenvalue weighted by molar-refractivity contribution is 9.10. The SMILES string of the molecule is Cc1ccc(C(=O)COC(=O)c2cc(F)ccc2Br)cc1. The summed E-state index contributed by atoms with van der Waals surface area (Å²) < 4.78 is 18.5. The molecule has 0 saturated heterocycles. The van der Waals surface area contributed by atoms with E-state index in [4.69, 9.17) is 4.74 Å². The number of halogens is 2. The molecule has 0 bridgehead atoms. The summed E-state index contributed by atoms with van der Waals surface area (Å²) in [6, 6.07) is 10.6. The molecule has 3 nitrogen and oxygen atoms in total. The molecule has 0 aliphatic rings. The topological polar surface area (TPSA) is 43.4 Å². The highest BCUT2D eigenvalue weighted by atomic mass is 79.9. The number of ether oxygens (including phenoxy) is 1. The van der Waals surface area contributed by atoms with Crippen LogP contribution in [0.3, 0.4) is 0 Å². The average Bonchev–Trinajstić information content (AvgIpc) is 2.47. The Hall–Kier alpha value is -2.01. The zero-order valence-corrected chi connectivity index (χ0v) is 12.8. The van der Waals surface area contributed by atoms with Crippen molar-refractivity contribution in [3.63, 3.8) is 0 Å². The summed E-state index contributed by atoms with van der Waals surface area (Å²) in [5, 5.41) is 0. The first-order valence-corrected chi connectivity index (χ1v) is 6.98. The van der Waals surface area contributed by atoms with Gasteiger partial charge in [-0.25, -0.2) is 9.18 Å². The molecule has 0 heterocycles. The number of carbonyl (C=O) groups excluding carboxylic acids is 2. The molecule has 2 rings (SSSR count). The second-order valence-electron chi connectivity index (χ2n) is 4.49. The molecule has 0 amide bonds. The fraction of sp³-hybridized carbons (Fsp3) is 0.125. The number of rotatable bonds is 4. The Morgan fingerprint density at radius 1 is 1.14 bits per heavy atom. The van der Waals surface area contributed by atoms with Crippen LogP contribution in [0.4, 0.5) is 4.39 Å². The van der Waals surface area contributed by atoms with Gasteiger partial charge >= 0.3 is 5.97 Å². The number of Topliss-reactive ketones (excluding diaryl/α,β-unsaturated/α-hetero) is 1.